The highest BCUT2D eigenvalue weighted by Gasteiger charge is 2.12. The number of ether oxygens (including phenoxy) is 2. The van der Waals surface area contributed by atoms with Gasteiger partial charge in [-0.1, -0.05) is 18.7 Å². The fraction of sp³-hybridized carbons (Fsp3) is 0.167. The molecule has 4 heteroatoms. The smallest absolute Gasteiger partial charge is 0.142 e. The molecule has 22 heavy (non-hydrogen) atoms. The zero-order valence-electron chi connectivity index (χ0n) is 12.7. The first-order valence-corrected chi connectivity index (χ1v) is 7.07. The van der Waals surface area contributed by atoms with Gasteiger partial charge in [-0.2, -0.15) is 0 Å². The lowest BCUT2D eigenvalue weighted by Gasteiger charge is -2.11. The van der Waals surface area contributed by atoms with Crippen molar-refractivity contribution in [3.8, 4) is 22.9 Å². The van der Waals surface area contributed by atoms with Gasteiger partial charge in [0.1, 0.15) is 23.9 Å². The third-order valence-corrected chi connectivity index (χ3v) is 3.31. The molecule has 0 unspecified atom stereocenters. The summed E-state index contributed by atoms with van der Waals surface area (Å²) in [5.74, 6) is 2.28. The van der Waals surface area contributed by atoms with Gasteiger partial charge in [0.15, 0.2) is 0 Å². The molecule has 0 spiro atoms. The molecule has 0 atom stereocenters. The van der Waals surface area contributed by atoms with Crippen molar-refractivity contribution in [2.24, 2.45) is 0 Å². The van der Waals surface area contributed by atoms with Gasteiger partial charge in [-0.3, -0.25) is 0 Å². The van der Waals surface area contributed by atoms with Crippen LogP contribution in [-0.4, -0.2) is 23.7 Å². The van der Waals surface area contributed by atoms with E-state index in [2.05, 4.69) is 16.5 Å². The zero-order valence-corrected chi connectivity index (χ0v) is 12.7. The van der Waals surface area contributed by atoms with Gasteiger partial charge in [0, 0.05) is 0 Å². The van der Waals surface area contributed by atoms with Crippen molar-refractivity contribution in [1.82, 2.24) is 9.97 Å². The van der Waals surface area contributed by atoms with Crippen LogP contribution >= 0.6 is 0 Å². The molecule has 0 saturated heterocycles. The van der Waals surface area contributed by atoms with Crippen LogP contribution < -0.4 is 9.47 Å². The lowest BCUT2D eigenvalue weighted by molar-refractivity contribution is 0.352. The summed E-state index contributed by atoms with van der Waals surface area (Å²) in [5, 5.41) is 0. The van der Waals surface area contributed by atoms with Crippen molar-refractivity contribution in [3.63, 3.8) is 0 Å². The zero-order chi connectivity index (χ0) is 15.5. The van der Waals surface area contributed by atoms with Crippen molar-refractivity contribution >= 4 is 11.0 Å². The third kappa shape index (κ3) is 2.81. The Labute approximate surface area is 129 Å². The Hall–Kier alpha value is -2.75. The van der Waals surface area contributed by atoms with Crippen LogP contribution in [0.2, 0.25) is 0 Å². The number of nitrogens with zero attached hydrogens (tertiary/aromatic N) is 1. The molecule has 0 radical (unpaired) electrons. The van der Waals surface area contributed by atoms with Gasteiger partial charge in [-0.05, 0) is 42.8 Å². The summed E-state index contributed by atoms with van der Waals surface area (Å²) in [6, 6.07) is 13.6. The number of para-hydroxylation sites is 2. The number of benzene rings is 2. The van der Waals surface area contributed by atoms with Gasteiger partial charge in [-0.25, -0.2) is 4.98 Å². The molecule has 3 aromatic rings. The van der Waals surface area contributed by atoms with Gasteiger partial charge in [0.2, 0.25) is 0 Å². The van der Waals surface area contributed by atoms with Crippen LogP contribution in [0.4, 0.5) is 0 Å². The van der Waals surface area contributed by atoms with E-state index in [1.807, 2.05) is 49.4 Å². The number of fused-ring (bicyclic) bond motifs is 1. The Morgan fingerprint density at radius 1 is 1.23 bits per heavy atom. The van der Waals surface area contributed by atoms with Gasteiger partial charge in [0.05, 0.1) is 23.7 Å². The summed E-state index contributed by atoms with van der Waals surface area (Å²) in [5.41, 5.74) is 3.75. The van der Waals surface area contributed by atoms with E-state index < -0.39 is 0 Å². The average molecular weight is 294 g/mol. The largest absolute Gasteiger partial charge is 0.497 e. The minimum Gasteiger partial charge on any atom is -0.497 e. The number of rotatable bonds is 5. The molecular formula is C18H18N2O2. The standard InChI is InChI=1S/C18H18N2O2/c1-12(2)11-22-17-9-8-13(21-3)10-14(17)18-19-15-6-4-5-7-16(15)20-18/h4-10H,1,11H2,2-3H3,(H,19,20). The molecule has 0 bridgehead atoms. The highest BCUT2D eigenvalue weighted by atomic mass is 16.5. The monoisotopic (exact) mass is 294 g/mol. The highest BCUT2D eigenvalue weighted by molar-refractivity contribution is 5.80. The Bertz CT molecular complexity index is 788. The van der Waals surface area contributed by atoms with Crippen LogP contribution in [0.5, 0.6) is 11.5 Å². The molecule has 0 saturated carbocycles. The molecule has 1 N–H and O–H groups in total. The second-order valence-corrected chi connectivity index (χ2v) is 5.21. The molecule has 112 valence electrons. The number of aromatic amines is 1. The van der Waals surface area contributed by atoms with Crippen LogP contribution in [-0.2, 0) is 0 Å². The second kappa shape index (κ2) is 5.93. The molecule has 1 heterocycles. The average Bonchev–Trinajstić information content (AvgIpc) is 2.96. The fourth-order valence-corrected chi connectivity index (χ4v) is 2.23. The molecule has 0 fully saturated rings. The molecule has 1 aromatic heterocycles. The van der Waals surface area contributed by atoms with E-state index in [0.717, 1.165) is 39.5 Å². The van der Waals surface area contributed by atoms with Gasteiger partial charge >= 0.3 is 0 Å². The molecule has 2 aromatic carbocycles. The number of methoxy groups -OCH3 is 1. The lowest BCUT2D eigenvalue weighted by Crippen LogP contribution is -2.00. The van der Waals surface area contributed by atoms with E-state index in [0.29, 0.717) is 6.61 Å². The molecular weight excluding hydrogens is 276 g/mol. The number of hydrogen-bond acceptors (Lipinski definition) is 3. The summed E-state index contributed by atoms with van der Waals surface area (Å²) >= 11 is 0. The Morgan fingerprint density at radius 3 is 2.77 bits per heavy atom. The first kappa shape index (κ1) is 14.2. The Morgan fingerprint density at radius 2 is 2.05 bits per heavy atom. The third-order valence-electron chi connectivity index (χ3n) is 3.31. The maximum absolute atomic E-state index is 5.83. The van der Waals surface area contributed by atoms with Crippen LogP contribution in [0.1, 0.15) is 6.92 Å². The summed E-state index contributed by atoms with van der Waals surface area (Å²) in [4.78, 5) is 7.95. The van der Waals surface area contributed by atoms with E-state index in [4.69, 9.17) is 9.47 Å². The van der Waals surface area contributed by atoms with Crippen LogP contribution in [0.3, 0.4) is 0 Å². The van der Waals surface area contributed by atoms with Gasteiger partial charge in [0.25, 0.3) is 0 Å². The van der Waals surface area contributed by atoms with E-state index in [1.54, 1.807) is 7.11 Å². The molecule has 0 aliphatic carbocycles. The summed E-state index contributed by atoms with van der Waals surface area (Å²) in [6.07, 6.45) is 0. The SMILES string of the molecule is C=C(C)COc1ccc(OC)cc1-c1nc2ccccc2[nH]1. The number of nitrogens with one attached hydrogen (secondary N) is 1. The van der Waals surface area contributed by atoms with Gasteiger partial charge in [-0.15, -0.1) is 0 Å². The number of aromatic nitrogens is 2. The van der Waals surface area contributed by atoms with Crippen molar-refractivity contribution < 1.29 is 9.47 Å². The quantitative estimate of drug-likeness (QED) is 0.718. The molecule has 0 aliphatic heterocycles. The van der Waals surface area contributed by atoms with Crippen molar-refractivity contribution in [2.45, 2.75) is 6.92 Å². The number of hydrogen-bond donors (Lipinski definition) is 1. The van der Waals surface area contributed by atoms with E-state index in [1.165, 1.54) is 0 Å². The fourth-order valence-electron chi connectivity index (χ4n) is 2.23. The highest BCUT2D eigenvalue weighted by Crippen LogP contribution is 2.33. The normalized spacial score (nSPS) is 10.6. The first-order valence-electron chi connectivity index (χ1n) is 7.07. The number of imidazole rings is 1. The minimum absolute atomic E-state index is 0.472. The Kier molecular flexibility index (Phi) is 3.83. The van der Waals surface area contributed by atoms with E-state index in [-0.39, 0.29) is 0 Å². The van der Waals surface area contributed by atoms with E-state index in [9.17, 15) is 0 Å². The number of H-pyrrole nitrogens is 1. The van der Waals surface area contributed by atoms with Gasteiger partial charge < -0.3 is 14.5 Å². The predicted molar refractivity (Wildman–Crippen MR) is 88.4 cm³/mol. The molecule has 0 aliphatic rings. The Balaban J connectivity index is 2.07. The van der Waals surface area contributed by atoms with Crippen molar-refractivity contribution in [3.05, 3.63) is 54.6 Å². The maximum atomic E-state index is 5.83. The molecule has 0 amide bonds. The van der Waals surface area contributed by atoms with Crippen LogP contribution in [0, 0.1) is 0 Å². The lowest BCUT2D eigenvalue weighted by atomic mass is 10.1. The summed E-state index contributed by atoms with van der Waals surface area (Å²) < 4.78 is 11.1. The predicted octanol–water partition coefficient (Wildman–Crippen LogP) is 4.19. The van der Waals surface area contributed by atoms with Crippen molar-refractivity contribution in [1.29, 1.82) is 0 Å². The van der Waals surface area contributed by atoms with Crippen LogP contribution in [0.25, 0.3) is 22.4 Å². The van der Waals surface area contributed by atoms with E-state index >= 15 is 0 Å². The first-order chi connectivity index (χ1) is 10.7. The summed E-state index contributed by atoms with van der Waals surface area (Å²) in [7, 11) is 1.65. The maximum Gasteiger partial charge on any atom is 0.142 e. The second-order valence-electron chi connectivity index (χ2n) is 5.21. The molecule has 3 rings (SSSR count). The van der Waals surface area contributed by atoms with Crippen LogP contribution in [0.15, 0.2) is 54.6 Å². The summed E-state index contributed by atoms with van der Waals surface area (Å²) in [6.45, 7) is 6.27. The topological polar surface area (TPSA) is 47.1 Å². The molecule has 4 nitrogen and oxygen atoms in total. The van der Waals surface area contributed by atoms with Crippen molar-refractivity contribution in [2.75, 3.05) is 13.7 Å². The minimum atomic E-state index is 0.472.